The number of nitrogens with one attached hydrogen (secondary N) is 3. The van der Waals surface area contributed by atoms with Gasteiger partial charge in [-0.1, -0.05) is 60.2 Å². The first-order chi connectivity index (χ1) is 16.4. The van der Waals surface area contributed by atoms with Crippen LogP contribution in [0.25, 0.3) is 11.1 Å². The van der Waals surface area contributed by atoms with Crippen LogP contribution < -0.4 is 16.2 Å². The molecule has 1 aromatic heterocycles. The maximum atomic E-state index is 12.8. The second kappa shape index (κ2) is 12.5. The summed E-state index contributed by atoms with van der Waals surface area (Å²) in [6.07, 6.45) is 0. The highest BCUT2D eigenvalue weighted by molar-refractivity contribution is 7.99. The van der Waals surface area contributed by atoms with Gasteiger partial charge >= 0.3 is 5.97 Å². The van der Waals surface area contributed by atoms with Crippen LogP contribution in [0.2, 0.25) is 0 Å². The lowest BCUT2D eigenvalue weighted by Gasteiger charge is -2.12. The van der Waals surface area contributed by atoms with Crippen molar-refractivity contribution < 1.29 is 14.3 Å². The molecule has 34 heavy (non-hydrogen) atoms. The summed E-state index contributed by atoms with van der Waals surface area (Å²) in [7, 11) is 0. The van der Waals surface area contributed by atoms with E-state index in [4.69, 9.17) is 17.0 Å². The summed E-state index contributed by atoms with van der Waals surface area (Å²) in [6.45, 7) is 6.03. The van der Waals surface area contributed by atoms with Gasteiger partial charge in [0.15, 0.2) is 5.11 Å². The maximum Gasteiger partial charge on any atom is 0.341 e. The average Bonchev–Trinajstić information content (AvgIpc) is 3.15. The van der Waals surface area contributed by atoms with Crippen LogP contribution in [0.5, 0.6) is 0 Å². The van der Waals surface area contributed by atoms with Crippen LogP contribution in [0.3, 0.4) is 0 Å². The van der Waals surface area contributed by atoms with Crippen molar-refractivity contribution in [1.82, 2.24) is 10.9 Å². The van der Waals surface area contributed by atoms with Gasteiger partial charge in [-0.15, -0.1) is 23.1 Å². The van der Waals surface area contributed by atoms with E-state index in [9.17, 15) is 9.59 Å². The number of hydrogen-bond donors (Lipinski definition) is 3. The Bertz CT molecular complexity index is 1150. The SMILES string of the molecule is CCOC(=O)c1c(NC(=S)NNC(=O)CSCc2ccc(C)cc2)sc(C)c1-c1ccccc1. The minimum absolute atomic E-state index is 0.184. The fraction of sp³-hybridized carbons (Fsp3) is 0.240. The number of benzene rings is 2. The van der Waals surface area contributed by atoms with E-state index in [1.54, 1.807) is 6.92 Å². The van der Waals surface area contributed by atoms with Gasteiger partial charge in [0.25, 0.3) is 0 Å². The average molecular weight is 514 g/mol. The zero-order valence-corrected chi connectivity index (χ0v) is 21.7. The maximum absolute atomic E-state index is 12.8. The lowest BCUT2D eigenvalue weighted by molar-refractivity contribution is -0.119. The van der Waals surface area contributed by atoms with Crippen LogP contribution in [0.15, 0.2) is 54.6 Å². The summed E-state index contributed by atoms with van der Waals surface area (Å²) in [4.78, 5) is 25.9. The summed E-state index contributed by atoms with van der Waals surface area (Å²) in [5.41, 5.74) is 9.86. The summed E-state index contributed by atoms with van der Waals surface area (Å²) >= 11 is 8.27. The molecule has 1 heterocycles. The quantitative estimate of drug-likeness (QED) is 0.210. The number of carbonyl (C=O) groups excluding carboxylic acids is 2. The molecule has 2 aromatic carbocycles. The molecule has 0 saturated carbocycles. The molecular formula is C25H27N3O3S3. The number of anilines is 1. The molecule has 0 aliphatic heterocycles. The van der Waals surface area contributed by atoms with Gasteiger partial charge in [0.1, 0.15) is 10.6 Å². The van der Waals surface area contributed by atoms with Gasteiger partial charge < -0.3 is 10.1 Å². The van der Waals surface area contributed by atoms with Gasteiger partial charge in [0.05, 0.1) is 12.4 Å². The third kappa shape index (κ3) is 7.06. The second-order valence-corrected chi connectivity index (χ2v) is 10.0. The molecule has 0 unspecified atom stereocenters. The van der Waals surface area contributed by atoms with E-state index in [0.29, 0.717) is 10.6 Å². The Kier molecular flexibility index (Phi) is 9.50. The van der Waals surface area contributed by atoms with E-state index < -0.39 is 5.97 Å². The third-order valence-corrected chi connectivity index (χ3v) is 7.02. The minimum Gasteiger partial charge on any atom is -0.462 e. The molecule has 0 aliphatic rings. The number of thioether (sulfide) groups is 1. The van der Waals surface area contributed by atoms with Crippen molar-refractivity contribution in [3.05, 3.63) is 76.2 Å². The zero-order valence-electron chi connectivity index (χ0n) is 19.3. The molecule has 0 aliphatic carbocycles. The molecule has 3 N–H and O–H groups in total. The molecule has 1 amide bonds. The molecular weight excluding hydrogens is 486 g/mol. The van der Waals surface area contributed by atoms with Gasteiger partial charge in [0, 0.05) is 16.2 Å². The fourth-order valence-electron chi connectivity index (χ4n) is 3.23. The highest BCUT2D eigenvalue weighted by atomic mass is 32.2. The van der Waals surface area contributed by atoms with E-state index in [2.05, 4.69) is 40.4 Å². The Morgan fingerprint density at radius 1 is 1.03 bits per heavy atom. The molecule has 9 heteroatoms. The van der Waals surface area contributed by atoms with E-state index in [1.807, 2.05) is 44.2 Å². The number of hydrogen-bond acceptors (Lipinski definition) is 6. The van der Waals surface area contributed by atoms with Gasteiger partial charge in [-0.3, -0.25) is 15.6 Å². The van der Waals surface area contributed by atoms with E-state index in [-0.39, 0.29) is 23.4 Å². The predicted molar refractivity (Wildman–Crippen MR) is 145 cm³/mol. The van der Waals surface area contributed by atoms with Crippen LogP contribution in [-0.4, -0.2) is 29.3 Å². The molecule has 0 saturated heterocycles. The summed E-state index contributed by atoms with van der Waals surface area (Å²) in [5.74, 6) is 0.413. The minimum atomic E-state index is -0.424. The van der Waals surface area contributed by atoms with Crippen molar-refractivity contribution in [1.29, 1.82) is 0 Å². The van der Waals surface area contributed by atoms with Crippen molar-refractivity contribution in [3.63, 3.8) is 0 Å². The third-order valence-electron chi connectivity index (χ3n) is 4.79. The Morgan fingerprint density at radius 3 is 2.41 bits per heavy atom. The topological polar surface area (TPSA) is 79.5 Å². The predicted octanol–water partition coefficient (Wildman–Crippen LogP) is 5.46. The largest absolute Gasteiger partial charge is 0.462 e. The van der Waals surface area contributed by atoms with Crippen LogP contribution in [0.4, 0.5) is 5.00 Å². The number of hydrazine groups is 1. The van der Waals surface area contributed by atoms with Crippen LogP contribution in [0, 0.1) is 13.8 Å². The zero-order chi connectivity index (χ0) is 24.5. The van der Waals surface area contributed by atoms with Gasteiger partial charge in [-0.2, -0.15) is 0 Å². The first-order valence-corrected chi connectivity index (χ1v) is 13.1. The van der Waals surface area contributed by atoms with Crippen molar-refractivity contribution in [3.8, 4) is 11.1 Å². The number of ether oxygens (including phenoxy) is 1. The summed E-state index contributed by atoms with van der Waals surface area (Å²) in [5, 5.41) is 3.79. The number of aryl methyl sites for hydroxylation is 2. The van der Waals surface area contributed by atoms with Gasteiger partial charge in [0.2, 0.25) is 5.91 Å². The second-order valence-electron chi connectivity index (χ2n) is 7.43. The molecule has 178 valence electrons. The molecule has 0 fully saturated rings. The Balaban J connectivity index is 1.60. The van der Waals surface area contributed by atoms with E-state index in [1.165, 1.54) is 34.2 Å². The highest BCUT2D eigenvalue weighted by Crippen LogP contribution is 2.40. The van der Waals surface area contributed by atoms with E-state index >= 15 is 0 Å². The standard InChI is InChI=1S/C25H27N3O3S3/c1-4-31-24(30)22-21(19-8-6-5-7-9-19)17(3)34-23(22)26-25(32)28-27-20(29)15-33-14-18-12-10-16(2)11-13-18/h5-13H,4,14-15H2,1-3H3,(H,27,29)(H2,26,28,32). The normalized spacial score (nSPS) is 10.4. The lowest BCUT2D eigenvalue weighted by atomic mass is 10.0. The smallest absolute Gasteiger partial charge is 0.341 e. The first kappa shape index (κ1) is 25.7. The van der Waals surface area contributed by atoms with Gasteiger partial charge in [-0.05, 0) is 44.1 Å². The number of thiophene rings is 1. The van der Waals surface area contributed by atoms with Crippen molar-refractivity contribution in [2.24, 2.45) is 0 Å². The van der Waals surface area contributed by atoms with Crippen molar-refractivity contribution in [2.45, 2.75) is 26.5 Å². The first-order valence-electron chi connectivity index (χ1n) is 10.7. The Hall–Kier alpha value is -2.88. The Labute approximate surface area is 213 Å². The van der Waals surface area contributed by atoms with Crippen LogP contribution >= 0.6 is 35.3 Å². The molecule has 0 bridgehead atoms. The van der Waals surface area contributed by atoms with E-state index in [0.717, 1.165) is 21.8 Å². The summed E-state index contributed by atoms with van der Waals surface area (Å²) < 4.78 is 5.30. The van der Waals surface area contributed by atoms with Crippen LogP contribution in [-0.2, 0) is 15.3 Å². The van der Waals surface area contributed by atoms with Crippen molar-refractivity contribution >= 4 is 57.3 Å². The van der Waals surface area contributed by atoms with Crippen molar-refractivity contribution in [2.75, 3.05) is 17.7 Å². The van der Waals surface area contributed by atoms with Crippen LogP contribution in [0.1, 0.15) is 33.3 Å². The monoisotopic (exact) mass is 513 g/mol. The number of amides is 1. The summed E-state index contributed by atoms with van der Waals surface area (Å²) in [6, 6.07) is 17.9. The number of thiocarbonyl (C=S) groups is 1. The fourth-order valence-corrected chi connectivity index (χ4v) is 5.30. The lowest BCUT2D eigenvalue weighted by Crippen LogP contribution is -2.44. The molecule has 0 spiro atoms. The van der Waals surface area contributed by atoms with Gasteiger partial charge in [-0.25, -0.2) is 4.79 Å². The molecule has 0 radical (unpaired) electrons. The molecule has 3 rings (SSSR count). The number of rotatable bonds is 8. The highest BCUT2D eigenvalue weighted by Gasteiger charge is 2.25. The molecule has 0 atom stereocenters. The number of esters is 1. The molecule has 3 aromatic rings. The molecule has 6 nitrogen and oxygen atoms in total. The number of carbonyl (C=O) groups is 2. The Morgan fingerprint density at radius 2 is 1.74 bits per heavy atom.